The molecule has 2 aromatic carbocycles. The van der Waals surface area contributed by atoms with Crippen molar-refractivity contribution in [1.29, 1.82) is 0 Å². The van der Waals surface area contributed by atoms with Crippen LogP contribution in [0.15, 0.2) is 42.5 Å². The SMILES string of the molecule is O=C(O)CCC(=O)Nc1ccc(Oc2ccc(C(=O)O)c(C(=O)O)c2)cc1. The summed E-state index contributed by atoms with van der Waals surface area (Å²) in [7, 11) is 0. The number of benzene rings is 2. The molecule has 0 aliphatic rings. The molecule has 9 nitrogen and oxygen atoms in total. The molecule has 0 aliphatic heterocycles. The molecule has 0 radical (unpaired) electrons. The van der Waals surface area contributed by atoms with Crippen LogP contribution in [-0.4, -0.2) is 39.1 Å². The summed E-state index contributed by atoms with van der Waals surface area (Å²) in [5.74, 6) is -3.79. The predicted octanol–water partition coefficient (Wildman–Crippen LogP) is 2.68. The van der Waals surface area contributed by atoms with Crippen LogP contribution in [0.5, 0.6) is 11.5 Å². The van der Waals surface area contributed by atoms with Gasteiger partial charge in [0.1, 0.15) is 11.5 Å². The van der Waals surface area contributed by atoms with E-state index in [0.717, 1.165) is 12.1 Å². The number of amides is 1. The molecular formula is C18H15NO8. The fraction of sp³-hybridized carbons (Fsp3) is 0.111. The van der Waals surface area contributed by atoms with Crippen molar-refractivity contribution >= 4 is 29.5 Å². The first kappa shape index (κ1) is 19.4. The molecule has 1 amide bonds. The Morgan fingerprint density at radius 2 is 1.37 bits per heavy atom. The Balaban J connectivity index is 2.07. The minimum atomic E-state index is -1.39. The normalized spacial score (nSPS) is 10.1. The summed E-state index contributed by atoms with van der Waals surface area (Å²) in [5, 5.41) is 29.2. The van der Waals surface area contributed by atoms with Gasteiger partial charge in [0.25, 0.3) is 0 Å². The van der Waals surface area contributed by atoms with Gasteiger partial charge in [-0.1, -0.05) is 0 Å². The zero-order valence-corrected chi connectivity index (χ0v) is 13.8. The van der Waals surface area contributed by atoms with Crippen LogP contribution in [0, 0.1) is 0 Å². The van der Waals surface area contributed by atoms with Crippen molar-refractivity contribution in [2.24, 2.45) is 0 Å². The van der Waals surface area contributed by atoms with Gasteiger partial charge in [0.2, 0.25) is 5.91 Å². The Bertz CT molecular complexity index is 889. The number of carbonyl (C=O) groups is 4. The standard InChI is InChI=1S/C18H15NO8/c20-15(7-8-16(21)22)19-10-1-3-11(4-2-10)27-12-5-6-13(17(23)24)14(9-12)18(25)26/h1-6,9H,7-8H2,(H,19,20)(H,21,22)(H,23,24)(H,25,26). The number of aliphatic carboxylic acids is 1. The summed E-state index contributed by atoms with van der Waals surface area (Å²) < 4.78 is 5.50. The molecule has 9 heteroatoms. The number of carbonyl (C=O) groups excluding carboxylic acids is 1. The highest BCUT2D eigenvalue weighted by Crippen LogP contribution is 2.25. The van der Waals surface area contributed by atoms with Crippen LogP contribution in [0.25, 0.3) is 0 Å². The van der Waals surface area contributed by atoms with Crippen molar-refractivity contribution in [2.75, 3.05) is 5.32 Å². The molecular weight excluding hydrogens is 358 g/mol. The highest BCUT2D eigenvalue weighted by Gasteiger charge is 2.17. The number of hydrogen-bond acceptors (Lipinski definition) is 5. The van der Waals surface area contributed by atoms with Gasteiger partial charge in [0.15, 0.2) is 0 Å². The number of anilines is 1. The number of nitrogens with one attached hydrogen (secondary N) is 1. The zero-order valence-electron chi connectivity index (χ0n) is 13.8. The number of carboxylic acid groups (broad SMARTS) is 3. The maximum absolute atomic E-state index is 11.6. The lowest BCUT2D eigenvalue weighted by atomic mass is 10.1. The van der Waals surface area contributed by atoms with Gasteiger partial charge in [-0.05, 0) is 42.5 Å². The van der Waals surface area contributed by atoms with Gasteiger partial charge in [-0.15, -0.1) is 0 Å². The molecule has 0 aliphatic carbocycles. The Kier molecular flexibility index (Phi) is 6.10. The van der Waals surface area contributed by atoms with Crippen LogP contribution < -0.4 is 10.1 Å². The van der Waals surface area contributed by atoms with E-state index in [0.29, 0.717) is 11.4 Å². The van der Waals surface area contributed by atoms with Crippen LogP contribution in [0.1, 0.15) is 33.6 Å². The molecule has 140 valence electrons. The van der Waals surface area contributed by atoms with Crippen molar-refractivity contribution in [1.82, 2.24) is 0 Å². The van der Waals surface area contributed by atoms with Gasteiger partial charge in [-0.3, -0.25) is 9.59 Å². The molecule has 0 bridgehead atoms. The number of ether oxygens (including phenoxy) is 1. The fourth-order valence-electron chi connectivity index (χ4n) is 2.14. The first-order valence-corrected chi connectivity index (χ1v) is 7.66. The summed E-state index contributed by atoms with van der Waals surface area (Å²) >= 11 is 0. The monoisotopic (exact) mass is 373 g/mol. The third-order valence-corrected chi connectivity index (χ3v) is 3.39. The molecule has 0 fully saturated rings. The molecule has 4 N–H and O–H groups in total. The first-order valence-electron chi connectivity index (χ1n) is 7.66. The molecule has 0 aromatic heterocycles. The van der Waals surface area contributed by atoms with E-state index in [2.05, 4.69) is 5.32 Å². The smallest absolute Gasteiger partial charge is 0.336 e. The van der Waals surface area contributed by atoms with Crippen molar-refractivity contribution in [2.45, 2.75) is 12.8 Å². The van der Waals surface area contributed by atoms with E-state index in [4.69, 9.17) is 20.1 Å². The molecule has 0 atom stereocenters. The maximum atomic E-state index is 11.6. The highest BCUT2D eigenvalue weighted by atomic mass is 16.5. The lowest BCUT2D eigenvalue weighted by molar-refractivity contribution is -0.138. The Hall–Kier alpha value is -3.88. The van der Waals surface area contributed by atoms with Crippen LogP contribution in [0.3, 0.4) is 0 Å². The van der Waals surface area contributed by atoms with Crippen LogP contribution in [0.4, 0.5) is 5.69 Å². The fourth-order valence-corrected chi connectivity index (χ4v) is 2.14. The van der Waals surface area contributed by atoms with Gasteiger partial charge in [0, 0.05) is 12.1 Å². The summed E-state index contributed by atoms with van der Waals surface area (Å²) in [6.45, 7) is 0. The number of aromatic carboxylic acids is 2. The van der Waals surface area contributed by atoms with E-state index in [1.165, 1.54) is 30.3 Å². The molecule has 0 spiro atoms. The second kappa shape index (κ2) is 8.48. The topological polar surface area (TPSA) is 150 Å². The second-order valence-corrected chi connectivity index (χ2v) is 5.39. The molecule has 2 rings (SSSR count). The van der Waals surface area contributed by atoms with Crippen LogP contribution >= 0.6 is 0 Å². The van der Waals surface area contributed by atoms with Gasteiger partial charge in [-0.25, -0.2) is 9.59 Å². The quantitative estimate of drug-likeness (QED) is 0.551. The lowest BCUT2D eigenvalue weighted by Gasteiger charge is -2.09. The van der Waals surface area contributed by atoms with E-state index < -0.39 is 29.4 Å². The lowest BCUT2D eigenvalue weighted by Crippen LogP contribution is -2.13. The predicted molar refractivity (Wildman–Crippen MR) is 92.4 cm³/mol. The van der Waals surface area contributed by atoms with E-state index in [9.17, 15) is 19.2 Å². The van der Waals surface area contributed by atoms with Crippen molar-refractivity contribution in [3.05, 3.63) is 53.6 Å². The third kappa shape index (κ3) is 5.56. The van der Waals surface area contributed by atoms with Gasteiger partial charge >= 0.3 is 17.9 Å². The average molecular weight is 373 g/mol. The minimum absolute atomic E-state index is 0.135. The maximum Gasteiger partial charge on any atom is 0.336 e. The highest BCUT2D eigenvalue weighted by molar-refractivity contribution is 6.02. The second-order valence-electron chi connectivity index (χ2n) is 5.39. The average Bonchev–Trinajstić information content (AvgIpc) is 2.61. The molecule has 27 heavy (non-hydrogen) atoms. The van der Waals surface area contributed by atoms with Gasteiger partial charge in [0.05, 0.1) is 17.5 Å². The van der Waals surface area contributed by atoms with E-state index >= 15 is 0 Å². The van der Waals surface area contributed by atoms with Crippen molar-refractivity contribution in [3.63, 3.8) is 0 Å². The summed E-state index contributed by atoms with van der Waals surface area (Å²) in [4.78, 5) is 44.2. The Labute approximate surface area is 152 Å². The summed E-state index contributed by atoms with van der Waals surface area (Å²) in [6, 6.07) is 9.65. The number of carboxylic acids is 3. The molecule has 2 aromatic rings. The van der Waals surface area contributed by atoms with E-state index in [1.807, 2.05) is 0 Å². The molecule has 0 saturated heterocycles. The van der Waals surface area contributed by atoms with E-state index in [-0.39, 0.29) is 24.2 Å². The first-order chi connectivity index (χ1) is 12.8. The third-order valence-electron chi connectivity index (χ3n) is 3.39. The summed E-state index contributed by atoms with van der Waals surface area (Å²) in [6.07, 6.45) is -0.424. The minimum Gasteiger partial charge on any atom is -0.481 e. The molecule has 0 heterocycles. The van der Waals surface area contributed by atoms with Crippen molar-refractivity contribution in [3.8, 4) is 11.5 Å². The molecule has 0 saturated carbocycles. The largest absolute Gasteiger partial charge is 0.481 e. The summed E-state index contributed by atoms with van der Waals surface area (Å²) in [5.41, 5.74) is -0.318. The van der Waals surface area contributed by atoms with Crippen LogP contribution in [0.2, 0.25) is 0 Å². The Morgan fingerprint density at radius 1 is 0.778 bits per heavy atom. The van der Waals surface area contributed by atoms with Crippen molar-refractivity contribution < 1.29 is 39.2 Å². The van der Waals surface area contributed by atoms with Crippen LogP contribution in [-0.2, 0) is 9.59 Å². The van der Waals surface area contributed by atoms with Gasteiger partial charge < -0.3 is 25.4 Å². The van der Waals surface area contributed by atoms with Gasteiger partial charge in [-0.2, -0.15) is 0 Å². The molecule has 0 unspecified atom stereocenters. The number of rotatable bonds is 8. The number of hydrogen-bond donors (Lipinski definition) is 4. The van der Waals surface area contributed by atoms with E-state index in [1.54, 1.807) is 0 Å². The zero-order chi connectivity index (χ0) is 20.0. The Morgan fingerprint density at radius 3 is 1.93 bits per heavy atom.